The van der Waals surface area contributed by atoms with Crippen molar-refractivity contribution in [2.75, 3.05) is 27.2 Å². The molecule has 2 bridgehead atoms. The van der Waals surface area contributed by atoms with E-state index in [9.17, 15) is 4.79 Å². The number of nitrogens with one attached hydrogen (secondary N) is 2. The number of carbonyl (C=O) groups is 1. The largest absolute Gasteiger partial charge is 0.355 e. The van der Waals surface area contributed by atoms with Crippen molar-refractivity contribution < 1.29 is 4.79 Å². The lowest BCUT2D eigenvalue weighted by atomic mass is 9.89. The van der Waals surface area contributed by atoms with Gasteiger partial charge in [0.2, 0.25) is 5.91 Å². The Morgan fingerprint density at radius 1 is 1.47 bits per heavy atom. The summed E-state index contributed by atoms with van der Waals surface area (Å²) in [7, 11) is 3.83. The molecule has 0 aliphatic carbocycles. The van der Waals surface area contributed by atoms with Crippen LogP contribution in [-0.4, -0.2) is 50.1 Å². The summed E-state index contributed by atoms with van der Waals surface area (Å²) >= 11 is 0. The first kappa shape index (κ1) is 10.9. The van der Waals surface area contributed by atoms with Gasteiger partial charge in [-0.05, 0) is 39.3 Å². The van der Waals surface area contributed by atoms with Crippen LogP contribution in [-0.2, 0) is 4.79 Å². The van der Waals surface area contributed by atoms with Crippen LogP contribution < -0.4 is 10.6 Å². The second-order valence-corrected chi connectivity index (χ2v) is 5.09. The topological polar surface area (TPSA) is 44.4 Å². The minimum Gasteiger partial charge on any atom is -0.355 e. The summed E-state index contributed by atoms with van der Waals surface area (Å²) in [6.07, 6.45) is 3.86. The van der Waals surface area contributed by atoms with Crippen LogP contribution in [0.3, 0.4) is 0 Å². The van der Waals surface area contributed by atoms with Crippen LogP contribution in [0.2, 0.25) is 0 Å². The van der Waals surface area contributed by atoms with Crippen molar-refractivity contribution in [3.05, 3.63) is 0 Å². The zero-order valence-corrected chi connectivity index (χ0v) is 9.62. The molecule has 0 spiro atoms. The van der Waals surface area contributed by atoms with Crippen molar-refractivity contribution in [2.45, 2.75) is 31.3 Å². The van der Waals surface area contributed by atoms with E-state index in [-0.39, 0.29) is 5.91 Å². The van der Waals surface area contributed by atoms with E-state index in [4.69, 9.17) is 0 Å². The van der Waals surface area contributed by atoms with Gasteiger partial charge in [0.15, 0.2) is 0 Å². The second kappa shape index (κ2) is 4.49. The molecule has 0 aromatic carbocycles. The molecule has 0 saturated carbocycles. The zero-order valence-electron chi connectivity index (χ0n) is 9.62. The van der Waals surface area contributed by atoms with Gasteiger partial charge in [-0.3, -0.25) is 4.79 Å². The van der Waals surface area contributed by atoms with E-state index in [0.717, 1.165) is 12.6 Å². The lowest BCUT2D eigenvalue weighted by Gasteiger charge is -2.20. The van der Waals surface area contributed by atoms with E-state index >= 15 is 0 Å². The number of hydrogen-bond donors (Lipinski definition) is 2. The van der Waals surface area contributed by atoms with Gasteiger partial charge in [-0.2, -0.15) is 0 Å². The molecule has 2 heterocycles. The van der Waals surface area contributed by atoms with Gasteiger partial charge in [0, 0.05) is 18.6 Å². The molecule has 2 fully saturated rings. The minimum atomic E-state index is 0.141. The third-order valence-electron chi connectivity index (χ3n) is 3.45. The van der Waals surface area contributed by atoms with Gasteiger partial charge >= 0.3 is 0 Å². The zero-order chi connectivity index (χ0) is 10.8. The first-order valence-corrected chi connectivity index (χ1v) is 5.82. The fourth-order valence-electron chi connectivity index (χ4n) is 2.75. The number of hydrogen-bond acceptors (Lipinski definition) is 3. The summed E-state index contributed by atoms with van der Waals surface area (Å²) in [4.78, 5) is 13.3. The molecule has 2 rings (SSSR count). The molecule has 4 heteroatoms. The van der Waals surface area contributed by atoms with Crippen LogP contribution in [0.4, 0.5) is 0 Å². The third-order valence-corrected chi connectivity index (χ3v) is 3.45. The molecular formula is C11H21N3O. The number of nitrogens with zero attached hydrogens (tertiary/aromatic N) is 1. The van der Waals surface area contributed by atoms with E-state index in [1.54, 1.807) is 0 Å². The lowest BCUT2D eigenvalue weighted by molar-refractivity contribution is -0.121. The summed E-state index contributed by atoms with van der Waals surface area (Å²) in [6, 6.07) is 1.39. The van der Waals surface area contributed by atoms with Crippen molar-refractivity contribution >= 4 is 5.91 Å². The summed E-state index contributed by atoms with van der Waals surface area (Å²) in [5.74, 6) is 0.803. The number of rotatable bonds is 4. The van der Waals surface area contributed by atoms with Crippen molar-refractivity contribution in [3.63, 3.8) is 0 Å². The molecule has 1 amide bonds. The normalized spacial score (nSPS) is 33.7. The molecular weight excluding hydrogens is 190 g/mol. The SMILES string of the molecule is CN(C)CC(=O)NCC1CC2CCC1N2. The highest BCUT2D eigenvalue weighted by atomic mass is 16.2. The third kappa shape index (κ3) is 2.69. The Morgan fingerprint density at radius 3 is 2.80 bits per heavy atom. The fraction of sp³-hybridized carbons (Fsp3) is 0.909. The van der Waals surface area contributed by atoms with Gasteiger partial charge in [-0.15, -0.1) is 0 Å². The summed E-state index contributed by atoms with van der Waals surface area (Å²) in [6.45, 7) is 1.34. The number of amides is 1. The molecule has 4 nitrogen and oxygen atoms in total. The van der Waals surface area contributed by atoms with Crippen molar-refractivity contribution in [2.24, 2.45) is 5.92 Å². The molecule has 3 atom stereocenters. The number of fused-ring (bicyclic) bond motifs is 2. The van der Waals surface area contributed by atoms with Gasteiger partial charge in [-0.25, -0.2) is 0 Å². The van der Waals surface area contributed by atoms with E-state index < -0.39 is 0 Å². The summed E-state index contributed by atoms with van der Waals surface area (Å²) < 4.78 is 0. The summed E-state index contributed by atoms with van der Waals surface area (Å²) in [5, 5.41) is 6.60. The van der Waals surface area contributed by atoms with E-state index in [2.05, 4.69) is 10.6 Å². The molecule has 3 unspecified atom stereocenters. The van der Waals surface area contributed by atoms with Crippen LogP contribution in [0.15, 0.2) is 0 Å². The fourth-order valence-corrected chi connectivity index (χ4v) is 2.75. The van der Waals surface area contributed by atoms with Gasteiger partial charge in [0.05, 0.1) is 6.54 Å². The quantitative estimate of drug-likeness (QED) is 0.677. The molecule has 2 aliphatic heterocycles. The molecule has 0 aromatic heterocycles. The smallest absolute Gasteiger partial charge is 0.234 e. The van der Waals surface area contributed by atoms with Gasteiger partial charge in [0.1, 0.15) is 0 Å². The van der Waals surface area contributed by atoms with Gasteiger partial charge < -0.3 is 15.5 Å². The second-order valence-electron chi connectivity index (χ2n) is 5.09. The molecule has 86 valence electrons. The molecule has 15 heavy (non-hydrogen) atoms. The van der Waals surface area contributed by atoms with Crippen molar-refractivity contribution in [3.8, 4) is 0 Å². The standard InChI is InChI=1S/C11H21N3O/c1-14(2)7-11(15)12-6-8-5-9-3-4-10(8)13-9/h8-10,13H,3-7H2,1-2H3,(H,12,15). The first-order chi connectivity index (χ1) is 7.15. The monoisotopic (exact) mass is 211 g/mol. The Kier molecular flexibility index (Phi) is 3.26. The predicted molar refractivity (Wildman–Crippen MR) is 59.6 cm³/mol. The first-order valence-electron chi connectivity index (χ1n) is 5.82. The average molecular weight is 211 g/mol. The highest BCUT2D eigenvalue weighted by molar-refractivity contribution is 5.77. The Balaban J connectivity index is 1.68. The van der Waals surface area contributed by atoms with Crippen molar-refractivity contribution in [1.29, 1.82) is 0 Å². The molecule has 2 N–H and O–H groups in total. The molecule has 0 aromatic rings. The minimum absolute atomic E-state index is 0.141. The average Bonchev–Trinajstić information content (AvgIpc) is 2.74. The Labute approximate surface area is 91.4 Å². The Morgan fingerprint density at radius 2 is 2.27 bits per heavy atom. The number of likely N-dealkylation sites (N-methyl/N-ethyl adjacent to an activating group) is 1. The highest BCUT2D eigenvalue weighted by Crippen LogP contribution is 2.32. The molecule has 0 radical (unpaired) electrons. The van der Waals surface area contributed by atoms with E-state index in [1.807, 2.05) is 19.0 Å². The van der Waals surface area contributed by atoms with Crippen LogP contribution in [0.1, 0.15) is 19.3 Å². The van der Waals surface area contributed by atoms with Gasteiger partial charge in [-0.1, -0.05) is 0 Å². The van der Waals surface area contributed by atoms with Gasteiger partial charge in [0.25, 0.3) is 0 Å². The maximum Gasteiger partial charge on any atom is 0.234 e. The van der Waals surface area contributed by atoms with Crippen molar-refractivity contribution in [1.82, 2.24) is 15.5 Å². The van der Waals surface area contributed by atoms with E-state index in [1.165, 1.54) is 19.3 Å². The lowest BCUT2D eigenvalue weighted by Crippen LogP contribution is -2.39. The maximum atomic E-state index is 11.4. The summed E-state index contributed by atoms with van der Waals surface area (Å²) in [5.41, 5.74) is 0. The van der Waals surface area contributed by atoms with Crippen LogP contribution >= 0.6 is 0 Å². The molecule has 2 aliphatic rings. The van der Waals surface area contributed by atoms with E-state index in [0.29, 0.717) is 18.5 Å². The van der Waals surface area contributed by atoms with Crippen LogP contribution in [0.5, 0.6) is 0 Å². The Bertz CT molecular complexity index is 242. The highest BCUT2D eigenvalue weighted by Gasteiger charge is 2.38. The Hall–Kier alpha value is -0.610. The maximum absolute atomic E-state index is 11.4. The molecule has 2 saturated heterocycles. The van der Waals surface area contributed by atoms with Crippen LogP contribution in [0, 0.1) is 5.92 Å². The van der Waals surface area contributed by atoms with Crippen LogP contribution in [0.25, 0.3) is 0 Å². The number of carbonyl (C=O) groups excluding carboxylic acids is 1. The predicted octanol–water partition coefficient (Wildman–Crippen LogP) is -0.195.